The molecular formula is C12H22N2S. The number of nitrogens with zero attached hydrogens (tertiary/aromatic N) is 1. The molecule has 0 fully saturated rings. The third-order valence-corrected chi connectivity index (χ3v) is 3.33. The first kappa shape index (κ1) is 12.7. The molecule has 0 amide bonds. The van der Waals surface area contributed by atoms with Crippen molar-refractivity contribution in [2.75, 3.05) is 6.54 Å². The van der Waals surface area contributed by atoms with E-state index in [-0.39, 0.29) is 0 Å². The molecule has 0 aliphatic carbocycles. The van der Waals surface area contributed by atoms with Gasteiger partial charge in [-0.25, -0.2) is 4.98 Å². The minimum atomic E-state index is 0.584. The minimum absolute atomic E-state index is 0.584. The summed E-state index contributed by atoms with van der Waals surface area (Å²) >= 11 is 1.78. The fourth-order valence-corrected chi connectivity index (χ4v) is 2.66. The van der Waals surface area contributed by atoms with Crippen molar-refractivity contribution in [2.45, 2.75) is 46.6 Å². The largest absolute Gasteiger partial charge is 0.314 e. The van der Waals surface area contributed by atoms with Crippen LogP contribution in [0.25, 0.3) is 0 Å². The molecule has 2 nitrogen and oxygen atoms in total. The van der Waals surface area contributed by atoms with Crippen LogP contribution in [0.4, 0.5) is 0 Å². The van der Waals surface area contributed by atoms with Crippen molar-refractivity contribution in [3.05, 3.63) is 16.1 Å². The zero-order valence-electron chi connectivity index (χ0n) is 10.2. The van der Waals surface area contributed by atoms with Crippen LogP contribution in [-0.4, -0.2) is 17.6 Å². The van der Waals surface area contributed by atoms with Crippen LogP contribution in [0.2, 0.25) is 0 Å². The van der Waals surface area contributed by atoms with E-state index in [9.17, 15) is 0 Å². The summed E-state index contributed by atoms with van der Waals surface area (Å²) in [5.41, 5.74) is 1.15. The predicted octanol–water partition coefficient (Wildman–Crippen LogP) is 3.02. The van der Waals surface area contributed by atoms with E-state index in [1.165, 1.54) is 11.4 Å². The summed E-state index contributed by atoms with van der Waals surface area (Å²) in [6, 6.07) is 0.584. The molecule has 0 saturated carbocycles. The van der Waals surface area contributed by atoms with Crippen molar-refractivity contribution in [2.24, 2.45) is 5.92 Å². The second kappa shape index (κ2) is 6.23. The molecule has 1 heterocycles. The molecule has 1 aromatic heterocycles. The van der Waals surface area contributed by atoms with Gasteiger partial charge in [-0.2, -0.15) is 0 Å². The van der Waals surface area contributed by atoms with Gasteiger partial charge in [0, 0.05) is 23.5 Å². The van der Waals surface area contributed by atoms with Crippen LogP contribution in [0, 0.1) is 12.8 Å². The van der Waals surface area contributed by atoms with E-state index in [2.05, 4.69) is 43.4 Å². The number of aromatic nitrogens is 1. The maximum atomic E-state index is 4.52. The van der Waals surface area contributed by atoms with E-state index in [4.69, 9.17) is 0 Å². The van der Waals surface area contributed by atoms with Gasteiger partial charge in [-0.1, -0.05) is 20.8 Å². The van der Waals surface area contributed by atoms with Crippen LogP contribution in [0.15, 0.2) is 5.38 Å². The van der Waals surface area contributed by atoms with Crippen molar-refractivity contribution in [3.8, 4) is 0 Å². The molecule has 0 aromatic carbocycles. The summed E-state index contributed by atoms with van der Waals surface area (Å²) in [6.07, 6.45) is 2.30. The first-order valence-corrected chi connectivity index (χ1v) is 6.64. The van der Waals surface area contributed by atoms with Crippen molar-refractivity contribution >= 4 is 11.3 Å². The molecule has 86 valence electrons. The number of thiazole rings is 1. The Hall–Kier alpha value is -0.410. The van der Waals surface area contributed by atoms with E-state index in [0.29, 0.717) is 6.04 Å². The topological polar surface area (TPSA) is 24.9 Å². The van der Waals surface area contributed by atoms with Crippen molar-refractivity contribution in [3.63, 3.8) is 0 Å². The molecule has 0 aliphatic rings. The maximum Gasteiger partial charge on any atom is 0.0943 e. The fraction of sp³-hybridized carbons (Fsp3) is 0.750. The molecular weight excluding hydrogens is 204 g/mol. The van der Waals surface area contributed by atoms with Gasteiger partial charge in [0.2, 0.25) is 0 Å². The first-order valence-electron chi connectivity index (χ1n) is 5.76. The van der Waals surface area contributed by atoms with E-state index in [1.54, 1.807) is 11.3 Å². The van der Waals surface area contributed by atoms with Crippen LogP contribution in [0.3, 0.4) is 0 Å². The lowest BCUT2D eigenvalue weighted by atomic mass is 10.0. The van der Waals surface area contributed by atoms with E-state index < -0.39 is 0 Å². The van der Waals surface area contributed by atoms with Crippen LogP contribution in [-0.2, 0) is 6.42 Å². The van der Waals surface area contributed by atoms with Gasteiger partial charge in [0.1, 0.15) is 0 Å². The molecule has 0 aliphatic heterocycles. The van der Waals surface area contributed by atoms with Crippen molar-refractivity contribution in [1.29, 1.82) is 0 Å². The second-order valence-electron chi connectivity index (χ2n) is 4.47. The smallest absolute Gasteiger partial charge is 0.0943 e. The maximum absolute atomic E-state index is 4.52. The Morgan fingerprint density at radius 2 is 2.20 bits per heavy atom. The van der Waals surface area contributed by atoms with Gasteiger partial charge >= 0.3 is 0 Å². The molecule has 0 saturated heterocycles. The van der Waals surface area contributed by atoms with Crippen molar-refractivity contribution in [1.82, 2.24) is 10.3 Å². The van der Waals surface area contributed by atoms with Gasteiger partial charge in [0.15, 0.2) is 0 Å². The number of aryl methyl sites for hydroxylation is 1. The quantitative estimate of drug-likeness (QED) is 0.806. The Morgan fingerprint density at radius 3 is 2.67 bits per heavy atom. The molecule has 15 heavy (non-hydrogen) atoms. The highest BCUT2D eigenvalue weighted by atomic mass is 32.1. The monoisotopic (exact) mass is 226 g/mol. The summed E-state index contributed by atoms with van der Waals surface area (Å²) < 4.78 is 0. The zero-order chi connectivity index (χ0) is 11.3. The summed E-state index contributed by atoms with van der Waals surface area (Å²) in [6.45, 7) is 9.82. The highest BCUT2D eigenvalue weighted by Gasteiger charge is 2.12. The molecule has 0 spiro atoms. The third kappa shape index (κ3) is 4.76. The molecule has 0 bridgehead atoms. The lowest BCUT2D eigenvalue weighted by molar-refractivity contribution is 0.423. The molecule has 3 heteroatoms. The molecule has 1 aromatic rings. The van der Waals surface area contributed by atoms with Gasteiger partial charge in [-0.15, -0.1) is 11.3 Å². The van der Waals surface area contributed by atoms with Crippen LogP contribution < -0.4 is 5.32 Å². The van der Waals surface area contributed by atoms with E-state index >= 15 is 0 Å². The van der Waals surface area contributed by atoms with Crippen LogP contribution in [0.1, 0.15) is 37.9 Å². The molecule has 0 radical (unpaired) electrons. The van der Waals surface area contributed by atoms with E-state index in [0.717, 1.165) is 24.6 Å². The number of rotatable bonds is 6. The van der Waals surface area contributed by atoms with Gasteiger partial charge in [-0.05, 0) is 25.8 Å². The number of hydrogen-bond acceptors (Lipinski definition) is 3. The molecule has 1 unspecified atom stereocenters. The SMILES string of the molecule is CCNC(Cc1nc(C)cs1)CC(C)C. The standard InChI is InChI=1S/C12H22N2S/c1-5-13-11(6-9(2)3)7-12-14-10(4)8-15-12/h8-9,11,13H,5-7H2,1-4H3. The Kier molecular flexibility index (Phi) is 5.26. The Bertz CT molecular complexity index is 281. The average Bonchev–Trinajstić information content (AvgIpc) is 2.50. The number of hydrogen-bond donors (Lipinski definition) is 1. The van der Waals surface area contributed by atoms with Gasteiger partial charge in [-0.3, -0.25) is 0 Å². The molecule has 1 N–H and O–H groups in total. The second-order valence-corrected chi connectivity index (χ2v) is 5.41. The summed E-state index contributed by atoms with van der Waals surface area (Å²) in [4.78, 5) is 4.52. The third-order valence-electron chi connectivity index (χ3n) is 2.34. The molecule has 1 atom stereocenters. The van der Waals surface area contributed by atoms with Gasteiger partial charge in [0.05, 0.1) is 5.01 Å². The fourth-order valence-electron chi connectivity index (χ4n) is 1.80. The highest BCUT2D eigenvalue weighted by molar-refractivity contribution is 7.09. The number of nitrogens with one attached hydrogen (secondary N) is 1. The average molecular weight is 226 g/mol. The minimum Gasteiger partial charge on any atom is -0.314 e. The van der Waals surface area contributed by atoms with Crippen LogP contribution >= 0.6 is 11.3 Å². The summed E-state index contributed by atoms with van der Waals surface area (Å²) in [5, 5.41) is 6.93. The lowest BCUT2D eigenvalue weighted by Gasteiger charge is -2.18. The Morgan fingerprint density at radius 1 is 1.47 bits per heavy atom. The van der Waals surface area contributed by atoms with Gasteiger partial charge < -0.3 is 5.32 Å². The summed E-state index contributed by atoms with van der Waals surface area (Å²) in [7, 11) is 0. The normalized spacial score (nSPS) is 13.4. The summed E-state index contributed by atoms with van der Waals surface area (Å²) in [5.74, 6) is 0.745. The first-order chi connectivity index (χ1) is 7.11. The van der Waals surface area contributed by atoms with Gasteiger partial charge in [0.25, 0.3) is 0 Å². The Balaban J connectivity index is 2.50. The lowest BCUT2D eigenvalue weighted by Crippen LogP contribution is -2.32. The van der Waals surface area contributed by atoms with Crippen LogP contribution in [0.5, 0.6) is 0 Å². The van der Waals surface area contributed by atoms with E-state index in [1.807, 2.05) is 0 Å². The predicted molar refractivity (Wildman–Crippen MR) is 67.5 cm³/mol. The zero-order valence-corrected chi connectivity index (χ0v) is 11.0. The molecule has 1 rings (SSSR count). The van der Waals surface area contributed by atoms with Crippen molar-refractivity contribution < 1.29 is 0 Å². The Labute approximate surface area is 97.1 Å². The number of likely N-dealkylation sites (N-methyl/N-ethyl adjacent to an activating group) is 1. The highest BCUT2D eigenvalue weighted by Crippen LogP contribution is 2.14.